The van der Waals surface area contributed by atoms with Crippen LogP contribution in [0, 0.1) is 6.92 Å². The predicted molar refractivity (Wildman–Crippen MR) is 109 cm³/mol. The topological polar surface area (TPSA) is 40.2 Å². The van der Waals surface area contributed by atoms with Gasteiger partial charge in [0.1, 0.15) is 5.82 Å². The van der Waals surface area contributed by atoms with Crippen molar-refractivity contribution in [2.24, 2.45) is 0 Å². The first-order valence-corrected chi connectivity index (χ1v) is 9.39. The molecular weight excluding hydrogens is 328 g/mol. The summed E-state index contributed by atoms with van der Waals surface area (Å²) in [6.07, 6.45) is 3.95. The quantitative estimate of drug-likeness (QED) is 0.795. The molecule has 1 saturated heterocycles. The molecular formula is C20H26N4S. The summed E-state index contributed by atoms with van der Waals surface area (Å²) in [6.45, 7) is 6.43. The molecule has 0 amide bonds. The van der Waals surface area contributed by atoms with Gasteiger partial charge in [-0.15, -0.1) is 0 Å². The summed E-state index contributed by atoms with van der Waals surface area (Å²) in [4.78, 5) is 6.89. The van der Waals surface area contributed by atoms with E-state index in [1.807, 2.05) is 25.1 Å². The molecule has 2 heterocycles. The molecule has 0 spiro atoms. The molecule has 5 heteroatoms. The maximum atomic E-state index is 5.41. The summed E-state index contributed by atoms with van der Waals surface area (Å²) in [6, 6.07) is 14.8. The number of aromatic nitrogens is 1. The number of hydrogen-bond donors (Lipinski definition) is 2. The average Bonchev–Trinajstić information content (AvgIpc) is 2.62. The number of benzene rings is 1. The van der Waals surface area contributed by atoms with Gasteiger partial charge in [-0.1, -0.05) is 18.2 Å². The van der Waals surface area contributed by atoms with E-state index in [1.165, 1.54) is 43.6 Å². The minimum atomic E-state index is 0.139. The minimum absolute atomic E-state index is 0.139. The first-order chi connectivity index (χ1) is 12.1. The Morgan fingerprint density at radius 3 is 2.48 bits per heavy atom. The zero-order valence-corrected chi connectivity index (χ0v) is 15.8. The van der Waals surface area contributed by atoms with E-state index in [4.69, 9.17) is 12.2 Å². The van der Waals surface area contributed by atoms with Crippen molar-refractivity contribution in [3.63, 3.8) is 0 Å². The van der Waals surface area contributed by atoms with Crippen LogP contribution >= 0.6 is 12.2 Å². The Morgan fingerprint density at radius 2 is 1.80 bits per heavy atom. The second-order valence-corrected chi connectivity index (χ2v) is 7.03. The van der Waals surface area contributed by atoms with E-state index < -0.39 is 0 Å². The fourth-order valence-corrected chi connectivity index (χ4v) is 3.45. The summed E-state index contributed by atoms with van der Waals surface area (Å²) < 4.78 is 0. The molecule has 4 nitrogen and oxygen atoms in total. The second kappa shape index (κ2) is 8.30. The van der Waals surface area contributed by atoms with Gasteiger partial charge in [0.25, 0.3) is 0 Å². The van der Waals surface area contributed by atoms with E-state index >= 15 is 0 Å². The highest BCUT2D eigenvalue weighted by atomic mass is 32.1. The van der Waals surface area contributed by atoms with E-state index in [-0.39, 0.29) is 6.04 Å². The first-order valence-electron chi connectivity index (χ1n) is 8.98. The van der Waals surface area contributed by atoms with Crippen LogP contribution in [-0.2, 0) is 0 Å². The summed E-state index contributed by atoms with van der Waals surface area (Å²) in [5.74, 6) is 0.769. The van der Waals surface area contributed by atoms with E-state index in [0.29, 0.717) is 5.11 Å². The molecule has 0 saturated carbocycles. The standard InChI is InChI=1S/C20H26N4S/c1-15-7-6-8-19(21-15)23-20(25)22-16(2)17-9-11-18(12-10-17)24-13-4-3-5-14-24/h6-12,16H,3-5,13-14H2,1-2H3,(H2,21,22,23,25)/t16-/m1/s1. The molecule has 0 bridgehead atoms. The van der Waals surface area contributed by atoms with Crippen molar-refractivity contribution in [1.82, 2.24) is 10.3 Å². The van der Waals surface area contributed by atoms with Gasteiger partial charge >= 0.3 is 0 Å². The van der Waals surface area contributed by atoms with Crippen molar-refractivity contribution < 1.29 is 0 Å². The zero-order valence-electron chi connectivity index (χ0n) is 15.0. The summed E-state index contributed by atoms with van der Waals surface area (Å²) in [5.41, 5.74) is 3.51. The normalized spacial score (nSPS) is 15.5. The summed E-state index contributed by atoms with van der Waals surface area (Å²) >= 11 is 5.41. The number of piperidine rings is 1. The van der Waals surface area contributed by atoms with Crippen molar-refractivity contribution in [2.45, 2.75) is 39.2 Å². The molecule has 2 N–H and O–H groups in total. The molecule has 0 aliphatic carbocycles. The number of rotatable bonds is 4. The monoisotopic (exact) mass is 354 g/mol. The van der Waals surface area contributed by atoms with Crippen molar-refractivity contribution in [3.8, 4) is 0 Å². The molecule has 1 aromatic carbocycles. The number of aryl methyl sites for hydroxylation is 1. The lowest BCUT2D eigenvalue weighted by Crippen LogP contribution is -2.31. The largest absolute Gasteiger partial charge is 0.372 e. The van der Waals surface area contributed by atoms with Gasteiger partial charge in [-0.2, -0.15) is 0 Å². The number of anilines is 2. The molecule has 3 rings (SSSR count). The molecule has 0 radical (unpaired) electrons. The van der Waals surface area contributed by atoms with Gasteiger partial charge in [0.05, 0.1) is 6.04 Å². The third-order valence-electron chi connectivity index (χ3n) is 4.59. The van der Waals surface area contributed by atoms with Crippen LogP contribution in [-0.4, -0.2) is 23.2 Å². The molecule has 0 unspecified atom stereocenters. The van der Waals surface area contributed by atoms with Gasteiger partial charge < -0.3 is 15.5 Å². The van der Waals surface area contributed by atoms with Gasteiger partial charge in [-0.3, -0.25) is 0 Å². The minimum Gasteiger partial charge on any atom is -0.372 e. The van der Waals surface area contributed by atoms with Crippen LogP contribution < -0.4 is 15.5 Å². The van der Waals surface area contributed by atoms with Gasteiger partial charge in [-0.25, -0.2) is 4.98 Å². The lowest BCUT2D eigenvalue weighted by atomic mass is 10.1. The highest BCUT2D eigenvalue weighted by molar-refractivity contribution is 7.80. The highest BCUT2D eigenvalue weighted by Gasteiger charge is 2.12. The third-order valence-corrected chi connectivity index (χ3v) is 4.81. The van der Waals surface area contributed by atoms with Crippen molar-refractivity contribution >= 4 is 28.8 Å². The maximum Gasteiger partial charge on any atom is 0.172 e. The maximum absolute atomic E-state index is 5.41. The Labute approximate surface area is 155 Å². The van der Waals surface area contributed by atoms with Crippen molar-refractivity contribution in [2.75, 3.05) is 23.3 Å². The van der Waals surface area contributed by atoms with Crippen LogP contribution in [0.2, 0.25) is 0 Å². The smallest absolute Gasteiger partial charge is 0.172 e. The van der Waals surface area contributed by atoms with E-state index in [0.717, 1.165) is 11.5 Å². The number of thiocarbonyl (C=S) groups is 1. The van der Waals surface area contributed by atoms with Gasteiger partial charge in [0.2, 0.25) is 0 Å². The van der Waals surface area contributed by atoms with Gasteiger partial charge in [0, 0.05) is 24.5 Å². The van der Waals surface area contributed by atoms with E-state index in [9.17, 15) is 0 Å². The molecule has 1 fully saturated rings. The van der Waals surface area contributed by atoms with Crippen LogP contribution in [0.25, 0.3) is 0 Å². The van der Waals surface area contributed by atoms with Gasteiger partial charge in [-0.05, 0) is 75.2 Å². The molecule has 132 valence electrons. The van der Waals surface area contributed by atoms with Crippen molar-refractivity contribution in [1.29, 1.82) is 0 Å². The predicted octanol–water partition coefficient (Wildman–Crippen LogP) is 4.43. The SMILES string of the molecule is Cc1cccc(NC(=S)N[C@H](C)c2ccc(N3CCCCC3)cc2)n1. The van der Waals surface area contributed by atoms with Crippen LogP contribution in [0.3, 0.4) is 0 Å². The second-order valence-electron chi connectivity index (χ2n) is 6.62. The lowest BCUT2D eigenvalue weighted by Gasteiger charge is -2.29. The molecule has 2 aromatic rings. The Bertz CT molecular complexity index is 708. The third kappa shape index (κ3) is 4.92. The Hall–Kier alpha value is -2.14. The fourth-order valence-electron chi connectivity index (χ4n) is 3.17. The first kappa shape index (κ1) is 17.7. The Morgan fingerprint density at radius 1 is 1.08 bits per heavy atom. The van der Waals surface area contributed by atoms with E-state index in [2.05, 4.69) is 51.7 Å². The number of pyridine rings is 1. The van der Waals surface area contributed by atoms with Crippen LogP contribution in [0.15, 0.2) is 42.5 Å². The lowest BCUT2D eigenvalue weighted by molar-refractivity contribution is 0.577. The Kier molecular flexibility index (Phi) is 5.87. The van der Waals surface area contributed by atoms with Crippen LogP contribution in [0.5, 0.6) is 0 Å². The summed E-state index contributed by atoms with van der Waals surface area (Å²) in [7, 11) is 0. The number of hydrogen-bond acceptors (Lipinski definition) is 3. The van der Waals surface area contributed by atoms with Crippen LogP contribution in [0.1, 0.15) is 43.5 Å². The average molecular weight is 355 g/mol. The highest BCUT2D eigenvalue weighted by Crippen LogP contribution is 2.22. The number of nitrogens with zero attached hydrogens (tertiary/aromatic N) is 2. The van der Waals surface area contributed by atoms with Crippen molar-refractivity contribution in [3.05, 3.63) is 53.7 Å². The van der Waals surface area contributed by atoms with Gasteiger partial charge in [0.15, 0.2) is 5.11 Å². The molecule has 1 aliphatic rings. The Balaban J connectivity index is 1.57. The molecule has 1 atom stereocenters. The molecule has 25 heavy (non-hydrogen) atoms. The number of nitrogens with one attached hydrogen (secondary N) is 2. The summed E-state index contributed by atoms with van der Waals surface area (Å²) in [5, 5.41) is 7.07. The molecule has 1 aliphatic heterocycles. The molecule has 1 aromatic heterocycles. The van der Waals surface area contributed by atoms with E-state index in [1.54, 1.807) is 0 Å². The zero-order chi connectivity index (χ0) is 17.6. The van der Waals surface area contributed by atoms with Crippen LogP contribution in [0.4, 0.5) is 11.5 Å². The fraction of sp³-hybridized carbons (Fsp3) is 0.400.